The topological polar surface area (TPSA) is 35.5 Å². The molecule has 3 atom stereocenters. The Balaban J connectivity index is 1.99. The first-order valence-electron chi connectivity index (χ1n) is 7.03. The lowest BCUT2D eigenvalue weighted by atomic mass is 9.98. The van der Waals surface area contributed by atoms with Crippen LogP contribution in [0, 0.1) is 0 Å². The Morgan fingerprint density at radius 2 is 2.21 bits per heavy atom. The Labute approximate surface area is 115 Å². The van der Waals surface area contributed by atoms with Crippen molar-refractivity contribution in [3.63, 3.8) is 0 Å². The molecule has 0 saturated carbocycles. The van der Waals surface area contributed by atoms with Crippen LogP contribution >= 0.6 is 0 Å². The van der Waals surface area contributed by atoms with Crippen molar-refractivity contribution in [1.29, 1.82) is 0 Å². The van der Waals surface area contributed by atoms with Crippen LogP contribution in [0.15, 0.2) is 43.0 Å². The van der Waals surface area contributed by atoms with Gasteiger partial charge in [-0.2, -0.15) is 0 Å². The van der Waals surface area contributed by atoms with Gasteiger partial charge in [-0.1, -0.05) is 36.4 Å². The molecule has 2 N–H and O–H groups in total. The first kappa shape index (κ1) is 14.3. The summed E-state index contributed by atoms with van der Waals surface area (Å²) in [7, 11) is 0. The number of nitrogens with one attached hydrogen (secondary N) is 1. The lowest BCUT2D eigenvalue weighted by Crippen LogP contribution is -2.54. The molecule has 0 amide bonds. The molecule has 19 heavy (non-hydrogen) atoms. The number of aliphatic hydroxyl groups excluding tert-OH is 1. The zero-order valence-electron chi connectivity index (χ0n) is 11.6. The predicted octanol–water partition coefficient (Wildman–Crippen LogP) is 1.96. The van der Waals surface area contributed by atoms with Gasteiger partial charge in [0, 0.05) is 31.7 Å². The largest absolute Gasteiger partial charge is 0.391 e. The van der Waals surface area contributed by atoms with Crippen molar-refractivity contribution < 1.29 is 5.11 Å². The molecule has 1 aromatic carbocycles. The highest BCUT2D eigenvalue weighted by Gasteiger charge is 2.29. The van der Waals surface area contributed by atoms with Crippen molar-refractivity contribution in [3.8, 4) is 0 Å². The molecule has 0 aromatic heterocycles. The molecule has 0 spiro atoms. The van der Waals surface area contributed by atoms with E-state index >= 15 is 0 Å². The normalized spacial score (nSPS) is 26.0. The van der Waals surface area contributed by atoms with Crippen LogP contribution in [0.5, 0.6) is 0 Å². The molecule has 1 aromatic rings. The van der Waals surface area contributed by atoms with E-state index in [2.05, 4.69) is 48.0 Å². The van der Waals surface area contributed by atoms with Crippen molar-refractivity contribution in [2.75, 3.05) is 19.6 Å². The third-order valence-electron chi connectivity index (χ3n) is 3.96. The highest BCUT2D eigenvalue weighted by atomic mass is 16.3. The minimum absolute atomic E-state index is 0.137. The number of piperidine rings is 1. The van der Waals surface area contributed by atoms with Gasteiger partial charge in [0.25, 0.3) is 0 Å². The van der Waals surface area contributed by atoms with Gasteiger partial charge in [-0.3, -0.25) is 4.90 Å². The van der Waals surface area contributed by atoms with Crippen LogP contribution in [0.25, 0.3) is 0 Å². The number of benzene rings is 1. The molecule has 0 bridgehead atoms. The van der Waals surface area contributed by atoms with Gasteiger partial charge in [0.1, 0.15) is 0 Å². The molecule has 1 aliphatic heterocycles. The van der Waals surface area contributed by atoms with Gasteiger partial charge in [0.15, 0.2) is 0 Å². The molecule has 1 aliphatic rings. The summed E-state index contributed by atoms with van der Waals surface area (Å²) in [6.45, 7) is 8.52. The van der Waals surface area contributed by atoms with E-state index in [1.54, 1.807) is 0 Å². The fraction of sp³-hybridized carbons (Fsp3) is 0.500. The van der Waals surface area contributed by atoms with Gasteiger partial charge in [-0.15, -0.1) is 6.58 Å². The SMILES string of the molecule is C=CCN[C@@H]1CN(C(C)c2ccccc2)CC[C@H]1O. The quantitative estimate of drug-likeness (QED) is 0.794. The van der Waals surface area contributed by atoms with Crippen molar-refractivity contribution in [2.24, 2.45) is 0 Å². The third-order valence-corrected chi connectivity index (χ3v) is 3.96. The summed E-state index contributed by atoms with van der Waals surface area (Å²) < 4.78 is 0. The second-order valence-electron chi connectivity index (χ2n) is 5.24. The van der Waals surface area contributed by atoms with Crippen LogP contribution in [0.4, 0.5) is 0 Å². The summed E-state index contributed by atoms with van der Waals surface area (Å²) in [5.41, 5.74) is 1.33. The van der Waals surface area contributed by atoms with E-state index in [-0.39, 0.29) is 12.1 Å². The van der Waals surface area contributed by atoms with E-state index in [9.17, 15) is 5.11 Å². The van der Waals surface area contributed by atoms with Crippen molar-refractivity contribution in [1.82, 2.24) is 10.2 Å². The van der Waals surface area contributed by atoms with E-state index in [0.29, 0.717) is 6.04 Å². The van der Waals surface area contributed by atoms with Crippen LogP contribution in [0.3, 0.4) is 0 Å². The summed E-state index contributed by atoms with van der Waals surface area (Å²) in [4.78, 5) is 2.43. The lowest BCUT2D eigenvalue weighted by Gasteiger charge is -2.40. The summed E-state index contributed by atoms with van der Waals surface area (Å²) in [6, 6.07) is 11.1. The number of hydrogen-bond acceptors (Lipinski definition) is 3. The molecule has 2 rings (SSSR count). The second-order valence-corrected chi connectivity index (χ2v) is 5.24. The van der Waals surface area contributed by atoms with E-state index in [1.807, 2.05) is 12.1 Å². The molecule has 0 aliphatic carbocycles. The Bertz CT molecular complexity index is 393. The second kappa shape index (κ2) is 6.85. The van der Waals surface area contributed by atoms with Gasteiger partial charge in [0.2, 0.25) is 0 Å². The fourth-order valence-corrected chi connectivity index (χ4v) is 2.69. The average molecular weight is 260 g/mol. The standard InChI is InChI=1S/C16H24N2O/c1-3-10-17-15-12-18(11-9-16(15)19)13(2)14-7-5-4-6-8-14/h3-8,13,15-17,19H,1,9-12H2,2H3/t13?,15-,16-/m1/s1. The average Bonchev–Trinajstić information content (AvgIpc) is 2.46. The Morgan fingerprint density at radius 1 is 1.47 bits per heavy atom. The van der Waals surface area contributed by atoms with E-state index < -0.39 is 0 Å². The zero-order chi connectivity index (χ0) is 13.7. The summed E-state index contributed by atoms with van der Waals surface area (Å²) in [5, 5.41) is 13.4. The Kier molecular flexibility index (Phi) is 5.14. The van der Waals surface area contributed by atoms with E-state index in [1.165, 1.54) is 5.56 Å². The first-order valence-corrected chi connectivity index (χ1v) is 7.03. The van der Waals surface area contributed by atoms with Gasteiger partial charge >= 0.3 is 0 Å². The van der Waals surface area contributed by atoms with E-state index in [4.69, 9.17) is 0 Å². The molecule has 1 heterocycles. The van der Waals surface area contributed by atoms with Crippen LogP contribution in [0.1, 0.15) is 24.9 Å². The number of hydrogen-bond donors (Lipinski definition) is 2. The van der Waals surface area contributed by atoms with Crippen molar-refractivity contribution in [3.05, 3.63) is 48.6 Å². The predicted molar refractivity (Wildman–Crippen MR) is 79.0 cm³/mol. The molecular weight excluding hydrogens is 236 g/mol. The molecule has 1 unspecified atom stereocenters. The highest BCUT2D eigenvalue weighted by Crippen LogP contribution is 2.24. The molecule has 3 nitrogen and oxygen atoms in total. The minimum Gasteiger partial charge on any atom is -0.391 e. The number of rotatable bonds is 5. The molecule has 104 valence electrons. The maximum atomic E-state index is 10.0. The summed E-state index contributed by atoms with van der Waals surface area (Å²) >= 11 is 0. The molecule has 1 saturated heterocycles. The van der Waals surface area contributed by atoms with Crippen LogP contribution < -0.4 is 5.32 Å². The van der Waals surface area contributed by atoms with Crippen LogP contribution in [-0.4, -0.2) is 41.8 Å². The number of likely N-dealkylation sites (tertiary alicyclic amines) is 1. The minimum atomic E-state index is -0.251. The maximum absolute atomic E-state index is 10.0. The molecule has 3 heteroatoms. The summed E-state index contributed by atoms with van der Waals surface area (Å²) in [5.74, 6) is 0. The molecule has 0 radical (unpaired) electrons. The third kappa shape index (κ3) is 3.66. The van der Waals surface area contributed by atoms with Gasteiger partial charge < -0.3 is 10.4 Å². The summed E-state index contributed by atoms with van der Waals surface area (Å²) in [6.07, 6.45) is 2.41. The lowest BCUT2D eigenvalue weighted by molar-refractivity contribution is 0.0334. The monoisotopic (exact) mass is 260 g/mol. The zero-order valence-corrected chi connectivity index (χ0v) is 11.6. The van der Waals surface area contributed by atoms with Gasteiger partial charge in [0.05, 0.1) is 6.10 Å². The van der Waals surface area contributed by atoms with E-state index in [0.717, 1.165) is 26.1 Å². The van der Waals surface area contributed by atoms with Crippen molar-refractivity contribution in [2.45, 2.75) is 31.5 Å². The fourth-order valence-electron chi connectivity index (χ4n) is 2.69. The number of nitrogens with zero attached hydrogens (tertiary/aromatic N) is 1. The smallest absolute Gasteiger partial charge is 0.0718 e. The highest BCUT2D eigenvalue weighted by molar-refractivity contribution is 5.18. The maximum Gasteiger partial charge on any atom is 0.0718 e. The Hall–Kier alpha value is -1.16. The van der Waals surface area contributed by atoms with Crippen LogP contribution in [-0.2, 0) is 0 Å². The first-order chi connectivity index (χ1) is 9.22. The molecule has 1 fully saturated rings. The Morgan fingerprint density at radius 3 is 2.89 bits per heavy atom. The van der Waals surface area contributed by atoms with Crippen molar-refractivity contribution >= 4 is 0 Å². The number of aliphatic hydroxyl groups is 1. The molecular formula is C16H24N2O. The van der Waals surface area contributed by atoms with Gasteiger partial charge in [-0.25, -0.2) is 0 Å². The van der Waals surface area contributed by atoms with Gasteiger partial charge in [-0.05, 0) is 18.9 Å². The van der Waals surface area contributed by atoms with Crippen LogP contribution in [0.2, 0.25) is 0 Å².